The zero-order valence-corrected chi connectivity index (χ0v) is 17.9. The normalized spacial score (nSPS) is 11.1. The fraction of sp³-hybridized carbons (Fsp3) is 0.0952. The number of hydrogen-bond acceptors (Lipinski definition) is 3. The summed E-state index contributed by atoms with van der Waals surface area (Å²) in [5.41, 5.74) is 1.61. The van der Waals surface area contributed by atoms with Crippen LogP contribution < -0.4 is 4.72 Å². The Morgan fingerprint density at radius 3 is 2.14 bits per heavy atom. The van der Waals surface area contributed by atoms with E-state index in [4.69, 9.17) is 0 Å². The van der Waals surface area contributed by atoms with Gasteiger partial charge >= 0.3 is 0 Å². The molecule has 3 aromatic carbocycles. The highest BCUT2D eigenvalue weighted by atomic mass is 79.9. The summed E-state index contributed by atoms with van der Waals surface area (Å²) in [5, 5.41) is 0. The Hall–Kier alpha value is -2.71. The van der Waals surface area contributed by atoms with Gasteiger partial charge < -0.3 is 4.90 Å². The first-order valence-corrected chi connectivity index (χ1v) is 10.9. The van der Waals surface area contributed by atoms with Crippen molar-refractivity contribution in [3.05, 3.63) is 94.2 Å². The maximum Gasteiger partial charge on any atom is 0.261 e. The number of hydrogen-bond donors (Lipinski definition) is 1. The smallest absolute Gasteiger partial charge is 0.261 e. The number of sulfonamides is 1. The van der Waals surface area contributed by atoms with E-state index >= 15 is 0 Å². The number of anilines is 1. The highest BCUT2D eigenvalue weighted by Crippen LogP contribution is 2.18. The molecule has 0 spiro atoms. The number of carbonyl (C=O) groups excluding carboxylic acids is 1. The average Bonchev–Trinajstić information content (AvgIpc) is 2.71. The van der Waals surface area contributed by atoms with Crippen LogP contribution in [0.5, 0.6) is 0 Å². The van der Waals surface area contributed by atoms with Crippen LogP contribution in [0.25, 0.3) is 0 Å². The van der Waals surface area contributed by atoms with Gasteiger partial charge in [-0.25, -0.2) is 12.8 Å². The first-order chi connectivity index (χ1) is 13.7. The number of nitrogens with one attached hydrogen (secondary N) is 1. The Morgan fingerprint density at radius 1 is 0.966 bits per heavy atom. The van der Waals surface area contributed by atoms with Crippen LogP contribution in [-0.4, -0.2) is 26.3 Å². The lowest BCUT2D eigenvalue weighted by Crippen LogP contribution is -2.26. The van der Waals surface area contributed by atoms with E-state index in [1.165, 1.54) is 48.5 Å². The molecule has 0 radical (unpaired) electrons. The molecular weight excluding hydrogens is 459 g/mol. The lowest BCUT2D eigenvalue weighted by molar-refractivity contribution is 0.0785. The molecule has 3 aromatic rings. The Morgan fingerprint density at radius 2 is 1.55 bits per heavy atom. The summed E-state index contributed by atoms with van der Waals surface area (Å²) in [4.78, 5) is 14.2. The van der Waals surface area contributed by atoms with Crippen molar-refractivity contribution in [3.63, 3.8) is 0 Å². The van der Waals surface area contributed by atoms with Crippen LogP contribution in [0, 0.1) is 5.82 Å². The monoisotopic (exact) mass is 476 g/mol. The lowest BCUT2D eigenvalue weighted by Gasteiger charge is -2.17. The zero-order chi connectivity index (χ0) is 21.0. The molecule has 150 valence electrons. The van der Waals surface area contributed by atoms with Crippen molar-refractivity contribution in [3.8, 4) is 0 Å². The van der Waals surface area contributed by atoms with E-state index in [1.807, 2.05) is 24.3 Å². The standard InChI is InChI=1S/C21H18BrFN2O3S/c1-25(14-15-2-6-17(22)7-3-15)21(26)16-4-12-20(13-5-16)29(27,28)24-19-10-8-18(23)9-11-19/h2-13,24H,14H2,1H3. The molecule has 0 aliphatic carbocycles. The van der Waals surface area contributed by atoms with Crippen molar-refractivity contribution in [2.45, 2.75) is 11.4 Å². The zero-order valence-electron chi connectivity index (χ0n) is 15.5. The van der Waals surface area contributed by atoms with Gasteiger partial charge in [0.2, 0.25) is 0 Å². The molecule has 3 rings (SSSR count). The molecule has 1 amide bonds. The molecule has 1 N–H and O–H groups in total. The molecule has 29 heavy (non-hydrogen) atoms. The molecule has 0 aliphatic heterocycles. The minimum absolute atomic E-state index is 0.00828. The molecule has 0 aromatic heterocycles. The summed E-state index contributed by atoms with van der Waals surface area (Å²) in [6.07, 6.45) is 0. The molecule has 0 unspecified atom stereocenters. The van der Waals surface area contributed by atoms with Crippen LogP contribution in [-0.2, 0) is 16.6 Å². The number of halogens is 2. The van der Waals surface area contributed by atoms with E-state index in [1.54, 1.807) is 11.9 Å². The highest BCUT2D eigenvalue weighted by Gasteiger charge is 2.17. The Bertz CT molecular complexity index is 1100. The van der Waals surface area contributed by atoms with Crippen molar-refractivity contribution < 1.29 is 17.6 Å². The maximum atomic E-state index is 13.0. The van der Waals surface area contributed by atoms with Crippen LogP contribution in [0.3, 0.4) is 0 Å². The third-order valence-corrected chi connectivity index (χ3v) is 6.11. The Balaban J connectivity index is 1.70. The van der Waals surface area contributed by atoms with Gasteiger partial charge in [0.05, 0.1) is 4.90 Å². The fourth-order valence-electron chi connectivity index (χ4n) is 2.66. The van der Waals surface area contributed by atoms with Crippen molar-refractivity contribution in [1.29, 1.82) is 0 Å². The van der Waals surface area contributed by atoms with Crippen LogP contribution in [0.2, 0.25) is 0 Å². The largest absolute Gasteiger partial charge is 0.337 e. The van der Waals surface area contributed by atoms with Gasteiger partial charge in [0.25, 0.3) is 15.9 Å². The van der Waals surface area contributed by atoms with E-state index in [9.17, 15) is 17.6 Å². The van der Waals surface area contributed by atoms with Crippen molar-refractivity contribution >= 4 is 37.5 Å². The minimum atomic E-state index is -3.84. The summed E-state index contributed by atoms with van der Waals surface area (Å²) in [5.74, 6) is -0.675. The fourth-order valence-corrected chi connectivity index (χ4v) is 3.99. The van der Waals surface area contributed by atoms with Gasteiger partial charge in [0.15, 0.2) is 0 Å². The second-order valence-electron chi connectivity index (χ2n) is 6.42. The molecule has 0 saturated carbocycles. The van der Waals surface area contributed by atoms with Gasteiger partial charge in [-0.05, 0) is 66.2 Å². The molecule has 5 nitrogen and oxygen atoms in total. The second kappa shape index (κ2) is 8.75. The summed E-state index contributed by atoms with van der Waals surface area (Å²) in [6.45, 7) is 0.429. The predicted molar refractivity (Wildman–Crippen MR) is 114 cm³/mol. The third kappa shape index (κ3) is 5.42. The first kappa shape index (κ1) is 21.0. The molecule has 0 atom stereocenters. The molecule has 0 saturated heterocycles. The average molecular weight is 477 g/mol. The van der Waals surface area contributed by atoms with Gasteiger partial charge in [0, 0.05) is 29.3 Å². The van der Waals surface area contributed by atoms with E-state index in [0.29, 0.717) is 12.1 Å². The first-order valence-electron chi connectivity index (χ1n) is 8.63. The van der Waals surface area contributed by atoms with Crippen molar-refractivity contribution in [2.24, 2.45) is 0 Å². The quantitative estimate of drug-likeness (QED) is 0.562. The maximum absolute atomic E-state index is 13.0. The van der Waals surface area contributed by atoms with Crippen LogP contribution >= 0.6 is 15.9 Å². The molecule has 0 aliphatic rings. The number of benzene rings is 3. The molecule has 0 bridgehead atoms. The number of rotatable bonds is 6. The van der Waals surface area contributed by atoms with E-state index < -0.39 is 15.8 Å². The Labute approximate surface area is 177 Å². The second-order valence-corrected chi connectivity index (χ2v) is 9.02. The van der Waals surface area contributed by atoms with Crippen molar-refractivity contribution in [1.82, 2.24) is 4.90 Å². The van der Waals surface area contributed by atoms with Crippen LogP contribution in [0.1, 0.15) is 15.9 Å². The molecular formula is C21H18BrFN2O3S. The summed E-state index contributed by atoms with van der Waals surface area (Å²) in [6, 6.07) is 18.3. The summed E-state index contributed by atoms with van der Waals surface area (Å²) < 4.78 is 41.2. The van der Waals surface area contributed by atoms with Gasteiger partial charge in [-0.2, -0.15) is 0 Å². The summed E-state index contributed by atoms with van der Waals surface area (Å²) >= 11 is 3.37. The van der Waals surface area contributed by atoms with E-state index in [0.717, 1.165) is 10.0 Å². The third-order valence-electron chi connectivity index (χ3n) is 4.19. The summed E-state index contributed by atoms with van der Waals surface area (Å²) in [7, 11) is -2.16. The van der Waals surface area contributed by atoms with Gasteiger partial charge in [-0.3, -0.25) is 9.52 Å². The minimum Gasteiger partial charge on any atom is -0.337 e. The van der Waals surface area contributed by atoms with Crippen LogP contribution in [0.15, 0.2) is 82.2 Å². The van der Waals surface area contributed by atoms with Gasteiger partial charge in [-0.15, -0.1) is 0 Å². The van der Waals surface area contributed by atoms with Crippen molar-refractivity contribution in [2.75, 3.05) is 11.8 Å². The molecule has 0 fully saturated rings. The van der Waals surface area contributed by atoms with Gasteiger partial charge in [-0.1, -0.05) is 28.1 Å². The molecule has 0 heterocycles. The molecule has 8 heteroatoms. The lowest BCUT2D eigenvalue weighted by atomic mass is 10.1. The SMILES string of the molecule is CN(Cc1ccc(Br)cc1)C(=O)c1ccc(S(=O)(=O)Nc2ccc(F)cc2)cc1. The van der Waals surface area contributed by atoms with E-state index in [2.05, 4.69) is 20.7 Å². The number of carbonyl (C=O) groups is 1. The Kier molecular flexibility index (Phi) is 6.34. The van der Waals surface area contributed by atoms with Crippen LogP contribution in [0.4, 0.5) is 10.1 Å². The topological polar surface area (TPSA) is 66.5 Å². The number of nitrogens with zero attached hydrogens (tertiary/aromatic N) is 1. The van der Waals surface area contributed by atoms with E-state index in [-0.39, 0.29) is 16.5 Å². The predicted octanol–water partition coefficient (Wildman–Crippen LogP) is 4.66. The number of amides is 1. The highest BCUT2D eigenvalue weighted by molar-refractivity contribution is 9.10. The van der Waals surface area contributed by atoms with Gasteiger partial charge in [0.1, 0.15) is 5.82 Å².